The van der Waals surface area contributed by atoms with Crippen LogP contribution in [0.3, 0.4) is 0 Å². The van der Waals surface area contributed by atoms with Gasteiger partial charge in [-0.1, -0.05) is 53.4 Å². The van der Waals surface area contributed by atoms with Gasteiger partial charge < -0.3 is 10.1 Å². The largest absolute Gasteiger partial charge is 0.462 e. The van der Waals surface area contributed by atoms with E-state index in [1.54, 1.807) is 55.5 Å². The van der Waals surface area contributed by atoms with E-state index in [1.165, 1.54) is 23.1 Å². The van der Waals surface area contributed by atoms with E-state index in [1.807, 2.05) is 6.07 Å². The highest BCUT2D eigenvalue weighted by molar-refractivity contribution is 8.01. The van der Waals surface area contributed by atoms with Crippen LogP contribution in [0.15, 0.2) is 58.9 Å². The van der Waals surface area contributed by atoms with Crippen molar-refractivity contribution >= 4 is 51.7 Å². The van der Waals surface area contributed by atoms with Gasteiger partial charge in [-0.15, -0.1) is 10.2 Å². The first-order valence-electron chi connectivity index (χ1n) is 8.95. The van der Waals surface area contributed by atoms with E-state index in [0.29, 0.717) is 26.3 Å². The van der Waals surface area contributed by atoms with Gasteiger partial charge >= 0.3 is 5.97 Å². The first-order chi connectivity index (χ1) is 14.6. The van der Waals surface area contributed by atoms with Gasteiger partial charge in [0, 0.05) is 5.56 Å². The predicted octanol–water partition coefficient (Wildman–Crippen LogP) is 3.70. The first-order valence-corrected chi connectivity index (χ1v) is 10.8. The molecule has 2 amide bonds. The average molecular weight is 443 g/mol. The molecule has 0 aliphatic heterocycles. The molecule has 0 saturated carbocycles. The summed E-state index contributed by atoms with van der Waals surface area (Å²) in [5.41, 5.74) is 1.19. The molecule has 1 aromatic heterocycles. The van der Waals surface area contributed by atoms with Crippen LogP contribution >= 0.6 is 23.1 Å². The Bertz CT molecular complexity index is 1040. The van der Waals surface area contributed by atoms with Crippen molar-refractivity contribution in [2.75, 3.05) is 23.0 Å². The fraction of sp³-hybridized carbons (Fsp3) is 0.150. The summed E-state index contributed by atoms with van der Waals surface area (Å²) in [5, 5.41) is 13.6. The molecule has 0 aliphatic carbocycles. The van der Waals surface area contributed by atoms with Crippen molar-refractivity contribution in [3.05, 3.63) is 65.7 Å². The van der Waals surface area contributed by atoms with Gasteiger partial charge in [0.2, 0.25) is 11.0 Å². The molecule has 10 heteroatoms. The Balaban J connectivity index is 1.54. The molecule has 0 radical (unpaired) electrons. The van der Waals surface area contributed by atoms with E-state index >= 15 is 0 Å². The highest BCUT2D eigenvalue weighted by Gasteiger charge is 2.15. The van der Waals surface area contributed by atoms with Gasteiger partial charge in [0.25, 0.3) is 5.91 Å². The molecule has 0 unspecified atom stereocenters. The Morgan fingerprint density at radius 2 is 1.73 bits per heavy atom. The normalized spacial score (nSPS) is 10.3. The maximum atomic E-state index is 12.3. The summed E-state index contributed by atoms with van der Waals surface area (Å²) >= 11 is 2.35. The van der Waals surface area contributed by atoms with Crippen molar-refractivity contribution in [2.45, 2.75) is 11.3 Å². The quantitative estimate of drug-likeness (QED) is 0.311. The third-order valence-corrected chi connectivity index (χ3v) is 5.66. The zero-order chi connectivity index (χ0) is 21.3. The molecule has 3 aromatic rings. The van der Waals surface area contributed by atoms with Crippen LogP contribution in [-0.2, 0) is 9.53 Å². The van der Waals surface area contributed by atoms with E-state index in [4.69, 9.17) is 4.74 Å². The number of ether oxygens (including phenoxy) is 1. The molecule has 3 rings (SSSR count). The van der Waals surface area contributed by atoms with Gasteiger partial charge in [-0.3, -0.25) is 14.9 Å². The Morgan fingerprint density at radius 1 is 1.00 bits per heavy atom. The van der Waals surface area contributed by atoms with Gasteiger partial charge in [-0.2, -0.15) is 0 Å². The average Bonchev–Trinajstić information content (AvgIpc) is 3.20. The molecule has 2 N–H and O–H groups in total. The molecule has 30 heavy (non-hydrogen) atoms. The van der Waals surface area contributed by atoms with E-state index < -0.39 is 5.97 Å². The molecule has 0 spiro atoms. The lowest BCUT2D eigenvalue weighted by molar-refractivity contribution is -0.113. The minimum absolute atomic E-state index is 0.0679. The van der Waals surface area contributed by atoms with Gasteiger partial charge in [0.05, 0.1) is 23.6 Å². The summed E-state index contributed by atoms with van der Waals surface area (Å²) in [5.74, 6) is -1.01. The molecular weight excluding hydrogens is 424 g/mol. The van der Waals surface area contributed by atoms with Crippen LogP contribution in [0, 0.1) is 0 Å². The molecule has 0 saturated heterocycles. The Morgan fingerprint density at radius 3 is 2.50 bits per heavy atom. The van der Waals surface area contributed by atoms with Crippen LogP contribution in [0.2, 0.25) is 0 Å². The fourth-order valence-electron chi connectivity index (χ4n) is 2.37. The molecule has 2 aromatic carbocycles. The second-order valence-electron chi connectivity index (χ2n) is 5.80. The lowest BCUT2D eigenvalue weighted by Crippen LogP contribution is -2.17. The lowest BCUT2D eigenvalue weighted by Gasteiger charge is -2.09. The van der Waals surface area contributed by atoms with E-state index in [-0.39, 0.29) is 24.2 Å². The standard InChI is InChI=1S/C20H18N4O4S2/c1-2-28-18(27)14-10-6-7-11-15(14)21-16(25)12-29-20-24-23-19(30-20)22-17(26)13-8-4-3-5-9-13/h3-11H,2,12H2,1H3,(H,21,25)(H,22,23,26). The van der Waals surface area contributed by atoms with Crippen molar-refractivity contribution in [3.63, 3.8) is 0 Å². The summed E-state index contributed by atoms with van der Waals surface area (Å²) in [7, 11) is 0. The summed E-state index contributed by atoms with van der Waals surface area (Å²) in [6.07, 6.45) is 0. The molecule has 8 nitrogen and oxygen atoms in total. The van der Waals surface area contributed by atoms with E-state index in [0.717, 1.165) is 0 Å². The number of benzene rings is 2. The molecular formula is C20H18N4O4S2. The number of anilines is 2. The first kappa shape index (κ1) is 21.5. The van der Waals surface area contributed by atoms with Crippen molar-refractivity contribution < 1.29 is 19.1 Å². The number of thioether (sulfide) groups is 1. The van der Waals surface area contributed by atoms with E-state index in [9.17, 15) is 14.4 Å². The minimum atomic E-state index is -0.496. The Hall–Kier alpha value is -3.24. The molecule has 0 aliphatic rings. The monoisotopic (exact) mass is 442 g/mol. The number of nitrogens with one attached hydrogen (secondary N) is 2. The number of carbonyl (C=O) groups excluding carboxylic acids is 3. The van der Waals surface area contributed by atoms with Crippen LogP contribution in [0.4, 0.5) is 10.8 Å². The van der Waals surface area contributed by atoms with Crippen LogP contribution in [0.1, 0.15) is 27.6 Å². The SMILES string of the molecule is CCOC(=O)c1ccccc1NC(=O)CSc1nnc(NC(=O)c2ccccc2)s1. The molecule has 0 bridgehead atoms. The maximum absolute atomic E-state index is 12.3. The highest BCUT2D eigenvalue weighted by Crippen LogP contribution is 2.26. The second-order valence-corrected chi connectivity index (χ2v) is 8.00. The fourth-order valence-corrected chi connectivity index (χ4v) is 3.92. The number of hydrogen-bond acceptors (Lipinski definition) is 8. The minimum Gasteiger partial charge on any atom is -0.462 e. The summed E-state index contributed by atoms with van der Waals surface area (Å²) in [6, 6.07) is 15.4. The number of nitrogens with zero attached hydrogens (tertiary/aromatic N) is 2. The van der Waals surface area contributed by atoms with Crippen molar-refractivity contribution in [1.82, 2.24) is 10.2 Å². The summed E-state index contributed by atoms with van der Waals surface area (Å²) in [4.78, 5) is 36.4. The predicted molar refractivity (Wildman–Crippen MR) is 116 cm³/mol. The van der Waals surface area contributed by atoms with Gasteiger partial charge in [0.15, 0.2) is 4.34 Å². The molecule has 0 atom stereocenters. The highest BCUT2D eigenvalue weighted by atomic mass is 32.2. The van der Waals surface area contributed by atoms with Crippen LogP contribution in [-0.4, -0.2) is 40.3 Å². The van der Waals surface area contributed by atoms with Gasteiger partial charge in [0.1, 0.15) is 0 Å². The number of carbonyl (C=O) groups is 3. The number of aromatic nitrogens is 2. The third kappa shape index (κ3) is 5.88. The van der Waals surface area contributed by atoms with Crippen LogP contribution in [0.5, 0.6) is 0 Å². The Labute approximate surface area is 181 Å². The molecule has 1 heterocycles. The van der Waals surface area contributed by atoms with Crippen molar-refractivity contribution in [1.29, 1.82) is 0 Å². The van der Waals surface area contributed by atoms with Gasteiger partial charge in [-0.05, 0) is 31.2 Å². The second kappa shape index (κ2) is 10.5. The number of para-hydroxylation sites is 1. The summed E-state index contributed by atoms with van der Waals surface area (Å²) in [6.45, 7) is 1.96. The number of amides is 2. The topological polar surface area (TPSA) is 110 Å². The zero-order valence-electron chi connectivity index (χ0n) is 16.0. The van der Waals surface area contributed by atoms with Crippen LogP contribution in [0.25, 0.3) is 0 Å². The van der Waals surface area contributed by atoms with Gasteiger partial charge in [-0.25, -0.2) is 4.79 Å². The van der Waals surface area contributed by atoms with E-state index in [2.05, 4.69) is 20.8 Å². The maximum Gasteiger partial charge on any atom is 0.340 e. The number of hydrogen-bond donors (Lipinski definition) is 2. The zero-order valence-corrected chi connectivity index (χ0v) is 17.6. The lowest BCUT2D eigenvalue weighted by atomic mass is 10.2. The smallest absolute Gasteiger partial charge is 0.340 e. The third-order valence-electron chi connectivity index (χ3n) is 3.69. The number of esters is 1. The summed E-state index contributed by atoms with van der Waals surface area (Å²) < 4.78 is 5.53. The van der Waals surface area contributed by atoms with Crippen LogP contribution < -0.4 is 10.6 Å². The number of rotatable bonds is 8. The molecule has 0 fully saturated rings. The Kier molecular flexibility index (Phi) is 7.52. The molecule has 154 valence electrons. The van der Waals surface area contributed by atoms with Crippen molar-refractivity contribution in [3.8, 4) is 0 Å². The van der Waals surface area contributed by atoms with Crippen molar-refractivity contribution in [2.24, 2.45) is 0 Å².